The Morgan fingerprint density at radius 2 is 2.14 bits per heavy atom. The molecule has 5 nitrogen and oxygen atoms in total. The van der Waals surface area contributed by atoms with Crippen LogP contribution < -0.4 is 5.32 Å². The summed E-state index contributed by atoms with van der Waals surface area (Å²) in [5.41, 5.74) is 1.41. The van der Waals surface area contributed by atoms with Crippen LogP contribution in [0.4, 0.5) is 0 Å². The lowest BCUT2D eigenvalue weighted by Gasteiger charge is -2.15. The summed E-state index contributed by atoms with van der Waals surface area (Å²) in [4.78, 5) is 23.7. The first-order chi connectivity index (χ1) is 10.7. The van der Waals surface area contributed by atoms with E-state index in [0.29, 0.717) is 27.6 Å². The van der Waals surface area contributed by atoms with E-state index in [9.17, 15) is 4.79 Å². The first kappa shape index (κ1) is 15.6. The van der Waals surface area contributed by atoms with Gasteiger partial charge in [0.05, 0.1) is 16.3 Å². The molecule has 1 amide bonds. The molecule has 0 bridgehead atoms. The van der Waals surface area contributed by atoms with E-state index in [0.717, 1.165) is 18.4 Å². The van der Waals surface area contributed by atoms with E-state index in [1.165, 1.54) is 37.4 Å². The highest BCUT2D eigenvalue weighted by Crippen LogP contribution is 2.21. The maximum absolute atomic E-state index is 12.1. The second kappa shape index (κ2) is 7.33. The summed E-state index contributed by atoms with van der Waals surface area (Å²) in [7, 11) is 0. The van der Waals surface area contributed by atoms with Gasteiger partial charge in [-0.2, -0.15) is 0 Å². The number of halogens is 1. The highest BCUT2D eigenvalue weighted by atomic mass is 35.5. The first-order valence-corrected chi connectivity index (χ1v) is 9.00. The molecule has 0 aromatic carbocycles. The van der Waals surface area contributed by atoms with Crippen molar-refractivity contribution in [2.75, 3.05) is 5.75 Å². The molecule has 3 rings (SSSR count). The Kier molecular flexibility index (Phi) is 5.20. The Morgan fingerprint density at radius 1 is 1.36 bits per heavy atom. The number of carbonyl (C=O) groups excluding carboxylic acids is 1. The second-order valence-corrected chi connectivity index (χ2v) is 7.01. The third-order valence-corrected chi connectivity index (χ3v) is 4.92. The van der Waals surface area contributed by atoms with E-state index in [1.54, 1.807) is 12.3 Å². The molecule has 7 heteroatoms. The predicted molar refractivity (Wildman–Crippen MR) is 89.3 cm³/mol. The van der Waals surface area contributed by atoms with Crippen molar-refractivity contribution in [3.63, 3.8) is 0 Å². The Morgan fingerprint density at radius 3 is 2.91 bits per heavy atom. The van der Waals surface area contributed by atoms with Crippen molar-refractivity contribution in [2.24, 2.45) is 0 Å². The predicted octanol–water partition coefficient (Wildman–Crippen LogP) is 3.54. The highest BCUT2D eigenvalue weighted by molar-refractivity contribution is 7.99. The molecule has 0 unspecified atom stereocenters. The molecule has 0 radical (unpaired) electrons. The van der Waals surface area contributed by atoms with Crippen molar-refractivity contribution >= 4 is 40.4 Å². The molecule has 1 aliphatic carbocycles. The van der Waals surface area contributed by atoms with Gasteiger partial charge in [-0.3, -0.25) is 4.79 Å². The van der Waals surface area contributed by atoms with E-state index in [1.807, 2.05) is 0 Å². The number of hydrogen-bond donors (Lipinski definition) is 2. The molecule has 1 fully saturated rings. The van der Waals surface area contributed by atoms with Crippen LogP contribution in [0.2, 0.25) is 5.02 Å². The van der Waals surface area contributed by atoms with Gasteiger partial charge in [-0.25, -0.2) is 9.97 Å². The molecular formula is C15H19ClN4OS. The van der Waals surface area contributed by atoms with Gasteiger partial charge in [0.15, 0.2) is 10.8 Å². The minimum Gasteiger partial charge on any atom is -0.353 e. The molecule has 2 N–H and O–H groups in total. The van der Waals surface area contributed by atoms with Crippen molar-refractivity contribution in [1.29, 1.82) is 0 Å². The molecule has 0 atom stereocenters. The molecule has 0 spiro atoms. The van der Waals surface area contributed by atoms with Crippen molar-refractivity contribution < 1.29 is 4.79 Å². The minimum absolute atomic E-state index is 0.0725. The first-order valence-electron chi connectivity index (χ1n) is 7.64. The number of rotatable bonds is 4. The number of carbonyl (C=O) groups is 1. The van der Waals surface area contributed by atoms with Crippen LogP contribution in [0.1, 0.15) is 38.5 Å². The summed E-state index contributed by atoms with van der Waals surface area (Å²) >= 11 is 7.29. The number of aromatic nitrogens is 3. The summed E-state index contributed by atoms with van der Waals surface area (Å²) in [6.45, 7) is 0. The number of thioether (sulfide) groups is 1. The van der Waals surface area contributed by atoms with Crippen LogP contribution in [0.5, 0.6) is 0 Å². The third-order valence-electron chi connectivity index (χ3n) is 3.84. The molecule has 1 aliphatic rings. The summed E-state index contributed by atoms with van der Waals surface area (Å²) in [6, 6.07) is 2.12. The van der Waals surface area contributed by atoms with Crippen molar-refractivity contribution in [2.45, 2.75) is 49.7 Å². The fourth-order valence-corrected chi connectivity index (χ4v) is 3.59. The summed E-state index contributed by atoms with van der Waals surface area (Å²) in [6.07, 6.45) is 8.78. The number of pyridine rings is 1. The number of nitrogens with one attached hydrogen (secondary N) is 2. The highest BCUT2D eigenvalue weighted by Gasteiger charge is 2.15. The van der Waals surface area contributed by atoms with Crippen molar-refractivity contribution in [3.8, 4) is 0 Å². The Bertz CT molecular complexity index is 652. The van der Waals surface area contributed by atoms with Gasteiger partial charge in [0, 0.05) is 12.2 Å². The molecule has 2 aromatic rings. The fraction of sp³-hybridized carbons (Fsp3) is 0.533. The van der Waals surface area contributed by atoms with Crippen LogP contribution in [0, 0.1) is 0 Å². The maximum Gasteiger partial charge on any atom is 0.230 e. The molecule has 0 aliphatic heterocycles. The van der Waals surface area contributed by atoms with Gasteiger partial charge in [-0.1, -0.05) is 49.0 Å². The topological polar surface area (TPSA) is 70.7 Å². The van der Waals surface area contributed by atoms with Crippen molar-refractivity contribution in [1.82, 2.24) is 20.3 Å². The van der Waals surface area contributed by atoms with Crippen LogP contribution in [0.25, 0.3) is 11.2 Å². The molecular weight excluding hydrogens is 320 g/mol. The van der Waals surface area contributed by atoms with Crippen LogP contribution in [0.3, 0.4) is 0 Å². The molecule has 2 heterocycles. The Balaban J connectivity index is 1.53. The standard InChI is InChI=1S/C15H19ClN4OS/c16-10-7-12-14(17-8-10)20-15(19-12)22-9-13(21)18-11-5-3-1-2-4-6-11/h7-8,11H,1-6,9H2,(H,18,21)(H,17,19,20). The summed E-state index contributed by atoms with van der Waals surface area (Å²) in [5, 5.41) is 4.40. The lowest BCUT2D eigenvalue weighted by molar-refractivity contribution is -0.119. The lowest BCUT2D eigenvalue weighted by Crippen LogP contribution is -2.35. The smallest absolute Gasteiger partial charge is 0.230 e. The minimum atomic E-state index is 0.0725. The van der Waals surface area contributed by atoms with Crippen LogP contribution in [-0.4, -0.2) is 32.7 Å². The largest absolute Gasteiger partial charge is 0.353 e. The van der Waals surface area contributed by atoms with Gasteiger partial charge in [0.2, 0.25) is 5.91 Å². The Labute approximate surface area is 138 Å². The lowest BCUT2D eigenvalue weighted by atomic mass is 10.1. The zero-order valence-corrected chi connectivity index (χ0v) is 13.8. The van der Waals surface area contributed by atoms with Crippen LogP contribution >= 0.6 is 23.4 Å². The summed E-state index contributed by atoms with van der Waals surface area (Å²) < 4.78 is 0. The van der Waals surface area contributed by atoms with Gasteiger partial charge in [-0.05, 0) is 18.9 Å². The van der Waals surface area contributed by atoms with Crippen molar-refractivity contribution in [3.05, 3.63) is 17.3 Å². The third kappa shape index (κ3) is 4.14. The molecule has 118 valence electrons. The zero-order valence-electron chi connectivity index (χ0n) is 12.3. The molecule has 0 saturated heterocycles. The van der Waals surface area contributed by atoms with Gasteiger partial charge in [0.1, 0.15) is 0 Å². The fourth-order valence-electron chi connectivity index (χ4n) is 2.75. The van der Waals surface area contributed by atoms with Gasteiger partial charge >= 0.3 is 0 Å². The number of hydrogen-bond acceptors (Lipinski definition) is 4. The van der Waals surface area contributed by atoms with E-state index >= 15 is 0 Å². The van der Waals surface area contributed by atoms with Gasteiger partial charge in [0.25, 0.3) is 0 Å². The van der Waals surface area contributed by atoms with E-state index < -0.39 is 0 Å². The van der Waals surface area contributed by atoms with E-state index in [4.69, 9.17) is 11.6 Å². The zero-order chi connectivity index (χ0) is 15.4. The van der Waals surface area contributed by atoms with Gasteiger partial charge < -0.3 is 10.3 Å². The van der Waals surface area contributed by atoms with Crippen LogP contribution in [-0.2, 0) is 4.79 Å². The quantitative estimate of drug-likeness (QED) is 0.660. The monoisotopic (exact) mass is 338 g/mol. The molecule has 1 saturated carbocycles. The van der Waals surface area contributed by atoms with E-state index in [2.05, 4.69) is 20.3 Å². The van der Waals surface area contributed by atoms with E-state index in [-0.39, 0.29) is 5.91 Å². The second-order valence-electron chi connectivity index (χ2n) is 5.61. The number of nitrogens with zero attached hydrogens (tertiary/aromatic N) is 2. The molecule has 22 heavy (non-hydrogen) atoms. The number of imidazole rings is 1. The number of H-pyrrole nitrogens is 1. The average Bonchev–Trinajstić information content (AvgIpc) is 2.72. The Hall–Kier alpha value is -1.27. The van der Waals surface area contributed by atoms with Gasteiger partial charge in [-0.15, -0.1) is 0 Å². The normalized spacial score (nSPS) is 16.6. The maximum atomic E-state index is 12.1. The summed E-state index contributed by atoms with van der Waals surface area (Å²) in [5.74, 6) is 0.438. The number of aromatic amines is 1. The number of amides is 1. The van der Waals surface area contributed by atoms with Crippen LogP contribution in [0.15, 0.2) is 17.4 Å². The average molecular weight is 339 g/mol. The number of fused-ring (bicyclic) bond motifs is 1. The molecule has 2 aromatic heterocycles. The SMILES string of the molecule is O=C(CSc1nc2ncc(Cl)cc2[nH]1)NC1CCCCCC1.